The second-order valence-corrected chi connectivity index (χ2v) is 10.8. The van der Waals surface area contributed by atoms with E-state index in [4.69, 9.17) is 4.98 Å². The van der Waals surface area contributed by atoms with Crippen molar-refractivity contribution in [3.8, 4) is 5.69 Å². The molecule has 1 saturated carbocycles. The van der Waals surface area contributed by atoms with E-state index >= 15 is 0 Å². The zero-order chi connectivity index (χ0) is 20.8. The van der Waals surface area contributed by atoms with Crippen molar-refractivity contribution in [2.75, 3.05) is 0 Å². The highest BCUT2D eigenvalue weighted by molar-refractivity contribution is 8.00. The van der Waals surface area contributed by atoms with Crippen LogP contribution in [0.1, 0.15) is 60.1 Å². The Hall–Kier alpha value is -1.92. The number of benzene rings is 1. The third kappa shape index (κ3) is 3.44. The number of aryl methyl sites for hydroxylation is 4. The van der Waals surface area contributed by atoms with Gasteiger partial charge in [0.05, 0.1) is 16.3 Å². The number of aromatic nitrogens is 2. The Kier molecular flexibility index (Phi) is 5.31. The number of carbonyl (C=O) groups is 1. The van der Waals surface area contributed by atoms with Crippen LogP contribution in [0, 0.1) is 13.8 Å². The van der Waals surface area contributed by atoms with Crippen LogP contribution in [0.15, 0.2) is 28.2 Å². The largest absolute Gasteiger partial charge is 0.298 e. The highest BCUT2D eigenvalue weighted by Crippen LogP contribution is 2.37. The number of thioether (sulfide) groups is 1. The molecule has 0 radical (unpaired) electrons. The van der Waals surface area contributed by atoms with E-state index in [0.29, 0.717) is 11.6 Å². The fourth-order valence-electron chi connectivity index (χ4n) is 4.56. The molecule has 4 nitrogen and oxygen atoms in total. The molecule has 0 amide bonds. The average Bonchev–Trinajstić information content (AvgIpc) is 3.11. The summed E-state index contributed by atoms with van der Waals surface area (Å²) in [4.78, 5) is 33.5. The molecule has 2 aliphatic rings. The molecule has 0 N–H and O–H groups in total. The molecule has 1 aromatic carbocycles. The van der Waals surface area contributed by atoms with Gasteiger partial charge < -0.3 is 0 Å². The van der Waals surface area contributed by atoms with Crippen LogP contribution in [0.5, 0.6) is 0 Å². The average molecular weight is 439 g/mol. The molecule has 0 aliphatic heterocycles. The summed E-state index contributed by atoms with van der Waals surface area (Å²) in [5, 5.41) is 1.36. The summed E-state index contributed by atoms with van der Waals surface area (Å²) >= 11 is 3.17. The van der Waals surface area contributed by atoms with Crippen molar-refractivity contribution in [1.82, 2.24) is 9.55 Å². The van der Waals surface area contributed by atoms with E-state index in [1.54, 1.807) is 15.9 Å². The van der Waals surface area contributed by atoms with E-state index < -0.39 is 0 Å². The van der Waals surface area contributed by atoms with E-state index in [-0.39, 0.29) is 16.6 Å². The van der Waals surface area contributed by atoms with Gasteiger partial charge in [-0.05, 0) is 81.2 Å². The molecule has 2 aliphatic carbocycles. The van der Waals surface area contributed by atoms with Gasteiger partial charge >= 0.3 is 0 Å². The minimum absolute atomic E-state index is 0.0217. The zero-order valence-electron chi connectivity index (χ0n) is 17.5. The summed E-state index contributed by atoms with van der Waals surface area (Å²) in [6.45, 7) is 4.15. The van der Waals surface area contributed by atoms with Gasteiger partial charge in [0, 0.05) is 11.3 Å². The minimum Gasteiger partial charge on any atom is -0.298 e. The summed E-state index contributed by atoms with van der Waals surface area (Å²) in [6.07, 6.45) is 7.87. The highest BCUT2D eigenvalue weighted by atomic mass is 32.2. The topological polar surface area (TPSA) is 52.0 Å². The maximum absolute atomic E-state index is 13.8. The molecular formula is C24H26N2O2S2. The van der Waals surface area contributed by atoms with Gasteiger partial charge in [-0.15, -0.1) is 11.3 Å². The molecule has 1 fully saturated rings. The summed E-state index contributed by atoms with van der Waals surface area (Å²) in [7, 11) is 0. The third-order valence-corrected chi connectivity index (χ3v) is 8.91. The molecule has 3 aromatic rings. The molecule has 156 valence electrons. The Morgan fingerprint density at radius 1 is 1.03 bits per heavy atom. The predicted molar refractivity (Wildman–Crippen MR) is 124 cm³/mol. The maximum atomic E-state index is 13.8. The van der Waals surface area contributed by atoms with Crippen molar-refractivity contribution in [1.29, 1.82) is 0 Å². The van der Waals surface area contributed by atoms with Crippen molar-refractivity contribution in [3.63, 3.8) is 0 Å². The Morgan fingerprint density at radius 2 is 1.83 bits per heavy atom. The SMILES string of the molecule is Cc1ccc(-n2c(SC3CCCCC3=O)nc3sc4c(c3c2=O)CCCC4)cc1C. The fourth-order valence-corrected chi connectivity index (χ4v) is 7.10. The number of thiophene rings is 1. The molecule has 2 aromatic heterocycles. The monoisotopic (exact) mass is 438 g/mol. The second kappa shape index (κ2) is 7.97. The first-order valence-corrected chi connectivity index (χ1v) is 12.6. The van der Waals surface area contributed by atoms with Gasteiger partial charge in [-0.1, -0.05) is 24.2 Å². The summed E-state index contributed by atoms with van der Waals surface area (Å²) in [5.41, 5.74) is 4.43. The molecule has 1 unspecified atom stereocenters. The van der Waals surface area contributed by atoms with E-state index in [1.807, 2.05) is 6.07 Å². The van der Waals surface area contributed by atoms with E-state index in [9.17, 15) is 9.59 Å². The Morgan fingerprint density at radius 3 is 2.63 bits per heavy atom. The second-order valence-electron chi connectivity index (χ2n) is 8.51. The van der Waals surface area contributed by atoms with Gasteiger partial charge in [-0.2, -0.15) is 0 Å². The molecule has 30 heavy (non-hydrogen) atoms. The summed E-state index contributed by atoms with van der Waals surface area (Å²) in [5.74, 6) is 0.290. The number of hydrogen-bond donors (Lipinski definition) is 0. The quantitative estimate of drug-likeness (QED) is 0.503. The number of nitrogens with zero attached hydrogens (tertiary/aromatic N) is 2. The van der Waals surface area contributed by atoms with Crippen molar-refractivity contribution in [2.24, 2.45) is 0 Å². The first-order chi connectivity index (χ1) is 14.5. The number of Topliss-reactive ketones (excluding diaryl/α,β-unsaturated/α-hetero) is 1. The zero-order valence-corrected chi connectivity index (χ0v) is 19.1. The van der Waals surface area contributed by atoms with Gasteiger partial charge in [-0.3, -0.25) is 14.2 Å². The number of ketones is 1. The lowest BCUT2D eigenvalue weighted by molar-refractivity contribution is -0.119. The molecule has 0 spiro atoms. The minimum atomic E-state index is -0.101. The van der Waals surface area contributed by atoms with Crippen LogP contribution in [0.25, 0.3) is 15.9 Å². The number of fused-ring (bicyclic) bond motifs is 3. The molecular weight excluding hydrogens is 412 g/mol. The van der Waals surface area contributed by atoms with Gasteiger partial charge in [0.15, 0.2) is 5.16 Å². The Bertz CT molecular complexity index is 1210. The van der Waals surface area contributed by atoms with Gasteiger partial charge in [0.1, 0.15) is 10.6 Å². The molecule has 1 atom stereocenters. The predicted octanol–water partition coefficient (Wildman–Crippen LogP) is 5.55. The Balaban J connectivity index is 1.73. The normalized spacial score (nSPS) is 19.3. The fraction of sp³-hybridized carbons (Fsp3) is 0.458. The van der Waals surface area contributed by atoms with E-state index in [0.717, 1.165) is 60.0 Å². The molecule has 6 heteroatoms. The van der Waals surface area contributed by atoms with Crippen molar-refractivity contribution < 1.29 is 4.79 Å². The van der Waals surface area contributed by atoms with Crippen molar-refractivity contribution in [2.45, 2.75) is 75.6 Å². The Labute approximate surface area is 184 Å². The lowest BCUT2D eigenvalue weighted by atomic mass is 9.97. The maximum Gasteiger partial charge on any atom is 0.267 e. The smallest absolute Gasteiger partial charge is 0.267 e. The van der Waals surface area contributed by atoms with Gasteiger partial charge in [0.25, 0.3) is 5.56 Å². The first-order valence-electron chi connectivity index (χ1n) is 10.9. The van der Waals surface area contributed by atoms with Crippen LogP contribution in [-0.2, 0) is 17.6 Å². The van der Waals surface area contributed by atoms with Crippen LogP contribution in [-0.4, -0.2) is 20.6 Å². The van der Waals surface area contributed by atoms with Crippen LogP contribution in [0.4, 0.5) is 0 Å². The van der Waals surface area contributed by atoms with Crippen molar-refractivity contribution in [3.05, 3.63) is 50.1 Å². The van der Waals surface area contributed by atoms with Crippen LogP contribution in [0.2, 0.25) is 0 Å². The van der Waals surface area contributed by atoms with Crippen LogP contribution < -0.4 is 5.56 Å². The van der Waals surface area contributed by atoms with Crippen LogP contribution >= 0.6 is 23.1 Å². The highest BCUT2D eigenvalue weighted by Gasteiger charge is 2.28. The molecule has 0 bridgehead atoms. The lowest BCUT2D eigenvalue weighted by Gasteiger charge is -2.21. The first kappa shape index (κ1) is 20.0. The summed E-state index contributed by atoms with van der Waals surface area (Å²) < 4.78 is 1.77. The van der Waals surface area contributed by atoms with E-state index in [2.05, 4.69) is 26.0 Å². The molecule has 5 rings (SSSR count). The third-order valence-electron chi connectivity index (χ3n) is 6.45. The van der Waals surface area contributed by atoms with Crippen molar-refractivity contribution >= 4 is 39.1 Å². The van der Waals surface area contributed by atoms with Crippen LogP contribution in [0.3, 0.4) is 0 Å². The van der Waals surface area contributed by atoms with Gasteiger partial charge in [-0.25, -0.2) is 4.98 Å². The van der Waals surface area contributed by atoms with Gasteiger partial charge in [0.2, 0.25) is 0 Å². The standard InChI is InChI=1S/C24H26N2O2S2/c1-14-11-12-16(13-15(14)2)26-23(28)21-17-7-3-5-9-19(17)29-22(21)25-24(26)30-20-10-6-4-8-18(20)27/h11-13,20H,3-10H2,1-2H3. The number of rotatable bonds is 3. The van der Waals surface area contributed by atoms with E-state index in [1.165, 1.54) is 34.2 Å². The summed E-state index contributed by atoms with van der Waals surface area (Å²) in [6, 6.07) is 6.13. The molecule has 2 heterocycles. The lowest BCUT2D eigenvalue weighted by Crippen LogP contribution is -2.26. The number of carbonyl (C=O) groups excluding carboxylic acids is 1. The molecule has 0 saturated heterocycles. The number of hydrogen-bond acceptors (Lipinski definition) is 5.